The van der Waals surface area contributed by atoms with Crippen molar-refractivity contribution in [2.75, 3.05) is 25.5 Å². The molecule has 10 heteroatoms. The maximum Gasteiger partial charge on any atom is 0.228 e. The molecule has 0 spiro atoms. The summed E-state index contributed by atoms with van der Waals surface area (Å²) in [6, 6.07) is 5.23. The van der Waals surface area contributed by atoms with Gasteiger partial charge < -0.3 is 15.0 Å². The Kier molecular flexibility index (Phi) is 7.54. The first-order valence-electron chi connectivity index (χ1n) is 10.6. The normalized spacial score (nSPS) is 15.0. The molecular formula is C23H26ClF3N4O2. The van der Waals surface area contributed by atoms with Crippen molar-refractivity contribution in [3.63, 3.8) is 0 Å². The van der Waals surface area contributed by atoms with Gasteiger partial charge in [0.25, 0.3) is 0 Å². The summed E-state index contributed by atoms with van der Waals surface area (Å²) in [4.78, 5) is 14.9. The molecule has 0 radical (unpaired) electrons. The van der Waals surface area contributed by atoms with Crippen molar-refractivity contribution in [3.8, 4) is 16.9 Å². The summed E-state index contributed by atoms with van der Waals surface area (Å²) in [5.41, 5.74) is 0.365. The number of carbonyl (C=O) groups is 1. The van der Waals surface area contributed by atoms with Crippen molar-refractivity contribution >= 4 is 35.0 Å². The lowest BCUT2D eigenvalue weighted by Gasteiger charge is -2.27. The van der Waals surface area contributed by atoms with E-state index < -0.39 is 34.9 Å². The molecule has 1 fully saturated rings. The number of benzene rings is 2. The number of ether oxygens (including phenoxy) is 1. The lowest BCUT2D eigenvalue weighted by atomic mass is 9.96. The third-order valence-electron chi connectivity index (χ3n) is 5.66. The molecule has 3 aromatic rings. The molecule has 178 valence electrons. The summed E-state index contributed by atoms with van der Waals surface area (Å²) in [7, 11) is 2.02. The number of hydrogen-bond donors (Lipinski definition) is 2. The molecule has 0 unspecified atom stereocenters. The van der Waals surface area contributed by atoms with Crippen molar-refractivity contribution in [3.05, 3.63) is 41.7 Å². The molecule has 0 atom stereocenters. The van der Waals surface area contributed by atoms with Gasteiger partial charge in [-0.25, -0.2) is 13.2 Å². The highest BCUT2D eigenvalue weighted by molar-refractivity contribution is 6.01. The van der Waals surface area contributed by atoms with Crippen LogP contribution in [0.25, 0.3) is 22.0 Å². The first-order chi connectivity index (χ1) is 15.2. The molecule has 1 aliphatic rings. The Hall–Kier alpha value is -2.78. The number of halogens is 4. The van der Waals surface area contributed by atoms with E-state index in [0.717, 1.165) is 25.9 Å². The molecule has 1 aliphatic heterocycles. The van der Waals surface area contributed by atoms with E-state index in [2.05, 4.69) is 20.4 Å². The van der Waals surface area contributed by atoms with E-state index in [1.54, 1.807) is 19.9 Å². The van der Waals surface area contributed by atoms with Crippen LogP contribution in [0.2, 0.25) is 0 Å². The summed E-state index contributed by atoms with van der Waals surface area (Å²) in [6.07, 6.45) is 1.01. The number of nitrogens with zero attached hydrogens (tertiary/aromatic N) is 2. The summed E-state index contributed by atoms with van der Waals surface area (Å²) in [5, 5.41) is 10.3. The molecule has 2 heterocycles. The zero-order valence-corrected chi connectivity index (χ0v) is 19.4. The predicted molar refractivity (Wildman–Crippen MR) is 123 cm³/mol. The van der Waals surface area contributed by atoms with Gasteiger partial charge in [-0.05, 0) is 64.5 Å². The highest BCUT2D eigenvalue weighted by Crippen LogP contribution is 2.36. The molecule has 0 aliphatic carbocycles. The van der Waals surface area contributed by atoms with Gasteiger partial charge in [0.1, 0.15) is 5.82 Å². The van der Waals surface area contributed by atoms with Gasteiger partial charge in [0.05, 0.1) is 17.2 Å². The second-order valence-electron chi connectivity index (χ2n) is 8.42. The van der Waals surface area contributed by atoms with E-state index in [9.17, 15) is 13.6 Å². The van der Waals surface area contributed by atoms with Crippen LogP contribution in [0.15, 0.2) is 24.3 Å². The Bertz CT molecular complexity index is 1160. The zero-order chi connectivity index (χ0) is 23.0. The van der Waals surface area contributed by atoms with E-state index >= 15 is 4.39 Å². The smallest absolute Gasteiger partial charge is 0.228 e. The molecule has 33 heavy (non-hydrogen) atoms. The van der Waals surface area contributed by atoms with Crippen LogP contribution in [0.4, 0.5) is 19.0 Å². The Morgan fingerprint density at radius 3 is 2.55 bits per heavy atom. The van der Waals surface area contributed by atoms with Crippen molar-refractivity contribution in [2.24, 2.45) is 5.92 Å². The van der Waals surface area contributed by atoms with Crippen molar-refractivity contribution in [1.82, 2.24) is 15.1 Å². The highest BCUT2D eigenvalue weighted by atomic mass is 35.5. The second kappa shape index (κ2) is 10.0. The molecule has 2 aromatic carbocycles. The average molecular weight is 483 g/mol. The monoisotopic (exact) mass is 482 g/mol. The molecule has 0 bridgehead atoms. The number of aromatic nitrogens is 2. The molecule has 1 aromatic heterocycles. The number of amides is 1. The number of piperidine rings is 1. The SMILES string of the molecule is CC(C)Oc1c(F)cc(F)c(-c2ccc3[nH]nc(NC(=O)C4CCN(C)CC4)c3c2)c1F.Cl. The van der Waals surface area contributed by atoms with Gasteiger partial charge in [-0.1, -0.05) is 6.07 Å². The third-order valence-corrected chi connectivity index (χ3v) is 5.66. The van der Waals surface area contributed by atoms with E-state index in [1.807, 2.05) is 7.05 Å². The first-order valence-corrected chi connectivity index (χ1v) is 10.6. The van der Waals surface area contributed by atoms with Crippen molar-refractivity contribution < 1.29 is 22.7 Å². The van der Waals surface area contributed by atoms with Crippen LogP contribution in [0.1, 0.15) is 26.7 Å². The van der Waals surface area contributed by atoms with Gasteiger partial charge in [-0.2, -0.15) is 5.10 Å². The fraction of sp³-hybridized carbons (Fsp3) is 0.391. The van der Waals surface area contributed by atoms with Crippen LogP contribution in [-0.4, -0.2) is 47.2 Å². The van der Waals surface area contributed by atoms with Crippen molar-refractivity contribution in [2.45, 2.75) is 32.8 Å². The molecular weight excluding hydrogens is 457 g/mol. The van der Waals surface area contributed by atoms with Crippen LogP contribution >= 0.6 is 12.4 Å². The maximum atomic E-state index is 15.0. The molecule has 6 nitrogen and oxygen atoms in total. The Morgan fingerprint density at radius 1 is 1.18 bits per heavy atom. The number of hydrogen-bond acceptors (Lipinski definition) is 4. The number of aromatic amines is 1. The van der Waals surface area contributed by atoms with Gasteiger partial charge in [0.15, 0.2) is 23.2 Å². The molecule has 4 rings (SSSR count). The summed E-state index contributed by atoms with van der Waals surface area (Å²) in [5.74, 6) is -3.86. The van der Waals surface area contributed by atoms with E-state index in [-0.39, 0.29) is 35.6 Å². The minimum absolute atomic E-state index is 0. The summed E-state index contributed by atoms with van der Waals surface area (Å²) < 4.78 is 49.0. The molecule has 1 saturated heterocycles. The number of fused-ring (bicyclic) bond motifs is 1. The summed E-state index contributed by atoms with van der Waals surface area (Å²) >= 11 is 0. The second-order valence-corrected chi connectivity index (χ2v) is 8.42. The van der Waals surface area contributed by atoms with E-state index in [4.69, 9.17) is 4.74 Å². The Balaban J connectivity index is 0.00000306. The quantitative estimate of drug-likeness (QED) is 0.528. The minimum Gasteiger partial charge on any atom is -0.485 e. The molecule has 2 N–H and O–H groups in total. The van der Waals surface area contributed by atoms with Gasteiger partial charge in [-0.15, -0.1) is 12.4 Å². The van der Waals surface area contributed by atoms with Gasteiger partial charge in [0.2, 0.25) is 5.91 Å². The minimum atomic E-state index is -1.11. The summed E-state index contributed by atoms with van der Waals surface area (Å²) in [6.45, 7) is 4.93. The predicted octanol–water partition coefficient (Wildman–Crippen LogP) is 5.14. The number of anilines is 1. The van der Waals surface area contributed by atoms with Gasteiger partial charge >= 0.3 is 0 Å². The number of carbonyl (C=O) groups excluding carboxylic acids is 1. The standard InChI is InChI=1S/C23H25F3N4O2.ClH/c1-12(2)32-21-17(25)11-16(24)19(20(21)26)14-4-5-18-15(10-14)22(29-28-18)27-23(31)13-6-8-30(3)9-7-13;/h4-5,10-13H,6-9H2,1-3H3,(H2,27,28,29,31);1H. The van der Waals surface area contributed by atoms with Gasteiger partial charge in [-0.3, -0.25) is 9.89 Å². The largest absolute Gasteiger partial charge is 0.485 e. The Labute approximate surface area is 195 Å². The topological polar surface area (TPSA) is 70.2 Å². The lowest BCUT2D eigenvalue weighted by molar-refractivity contribution is -0.121. The fourth-order valence-corrected chi connectivity index (χ4v) is 3.93. The first kappa shape index (κ1) is 24.9. The third kappa shape index (κ3) is 5.09. The van der Waals surface area contributed by atoms with Crippen LogP contribution in [0, 0.1) is 23.4 Å². The average Bonchev–Trinajstić information content (AvgIpc) is 3.13. The fourth-order valence-electron chi connectivity index (χ4n) is 3.93. The lowest BCUT2D eigenvalue weighted by Crippen LogP contribution is -2.36. The number of H-pyrrole nitrogens is 1. The number of rotatable bonds is 5. The number of nitrogens with one attached hydrogen (secondary N) is 2. The van der Waals surface area contributed by atoms with Crippen LogP contribution < -0.4 is 10.1 Å². The zero-order valence-electron chi connectivity index (χ0n) is 18.5. The van der Waals surface area contributed by atoms with Gasteiger partial charge in [0, 0.05) is 17.4 Å². The molecule has 0 saturated carbocycles. The highest BCUT2D eigenvalue weighted by Gasteiger charge is 2.26. The van der Waals surface area contributed by atoms with E-state index in [0.29, 0.717) is 17.0 Å². The van der Waals surface area contributed by atoms with Crippen LogP contribution in [0.3, 0.4) is 0 Å². The maximum absolute atomic E-state index is 15.0. The Morgan fingerprint density at radius 2 is 1.88 bits per heavy atom. The van der Waals surface area contributed by atoms with Crippen molar-refractivity contribution in [1.29, 1.82) is 0 Å². The van der Waals surface area contributed by atoms with Crippen LogP contribution in [0.5, 0.6) is 5.75 Å². The van der Waals surface area contributed by atoms with Crippen LogP contribution in [-0.2, 0) is 4.79 Å². The molecule has 1 amide bonds. The number of likely N-dealkylation sites (tertiary alicyclic amines) is 1. The van der Waals surface area contributed by atoms with E-state index in [1.165, 1.54) is 12.1 Å².